The molecule has 0 amide bonds. The summed E-state index contributed by atoms with van der Waals surface area (Å²) in [6, 6.07) is 42.6. The Labute approximate surface area is 326 Å². The minimum Gasteiger partial charge on any atom is -0.388 e. The van der Waals surface area contributed by atoms with Gasteiger partial charge in [0.25, 0.3) is 0 Å². The van der Waals surface area contributed by atoms with Gasteiger partial charge in [0.15, 0.2) is 0 Å². The molecule has 8 heteroatoms. The van der Waals surface area contributed by atoms with Gasteiger partial charge in [-0.15, -0.1) is 0 Å². The second-order valence-corrected chi connectivity index (χ2v) is 13.8. The van der Waals surface area contributed by atoms with E-state index in [9.17, 15) is 0 Å². The van der Waals surface area contributed by atoms with E-state index in [0.29, 0.717) is 0 Å². The van der Waals surface area contributed by atoms with Gasteiger partial charge in [-0.2, -0.15) is 0 Å². The molecule has 0 saturated carbocycles. The Balaban J connectivity index is 1.47. The standard InChI is InChI=1S/C48H42N8/c1-49-33-13-5-9-29(25-33)45-37-17-19-39(53-37)46(30-10-6-14-34(26-30)50-2)41-21-23-43(55-41)48(32-12-8-16-36(28-32)52-4)44-24-22-42(56-44)47(40-20-18-38(45)54-40)31-11-7-15-35(27-31)51-3/h5-28,49-53,56H,1-4H3. The maximum Gasteiger partial charge on any atom is 0.0737 e. The molecule has 8 bridgehead atoms. The highest BCUT2D eigenvalue weighted by Crippen LogP contribution is 2.39. The number of nitrogens with one attached hydrogen (secondary N) is 6. The number of benzene rings is 4. The van der Waals surface area contributed by atoms with Crippen LogP contribution in [-0.4, -0.2) is 48.1 Å². The summed E-state index contributed by atoms with van der Waals surface area (Å²) in [5.74, 6) is 0. The lowest BCUT2D eigenvalue weighted by atomic mass is 10.0. The van der Waals surface area contributed by atoms with Crippen LogP contribution >= 0.6 is 0 Å². The van der Waals surface area contributed by atoms with Gasteiger partial charge in [0.2, 0.25) is 0 Å². The highest BCUT2D eigenvalue weighted by molar-refractivity contribution is 6.00. The van der Waals surface area contributed by atoms with E-state index in [1.54, 1.807) is 0 Å². The Morgan fingerprint density at radius 3 is 0.821 bits per heavy atom. The van der Waals surface area contributed by atoms with E-state index >= 15 is 0 Å². The lowest BCUT2D eigenvalue weighted by Crippen LogP contribution is -1.92. The third kappa shape index (κ3) is 6.27. The van der Waals surface area contributed by atoms with Crippen LogP contribution in [0.3, 0.4) is 0 Å². The summed E-state index contributed by atoms with van der Waals surface area (Å²) in [6.45, 7) is 0. The van der Waals surface area contributed by atoms with Crippen LogP contribution < -0.4 is 21.3 Å². The van der Waals surface area contributed by atoms with Crippen molar-refractivity contribution in [2.75, 3.05) is 49.5 Å². The zero-order chi connectivity index (χ0) is 38.2. The topological polar surface area (TPSA) is 105 Å². The van der Waals surface area contributed by atoms with Crippen LogP contribution in [0.5, 0.6) is 0 Å². The maximum absolute atomic E-state index is 5.45. The Kier molecular flexibility index (Phi) is 8.91. The van der Waals surface area contributed by atoms with Crippen LogP contribution in [0.25, 0.3) is 90.9 Å². The normalized spacial score (nSPS) is 11.8. The van der Waals surface area contributed by atoms with Crippen LogP contribution in [0.1, 0.15) is 22.8 Å². The van der Waals surface area contributed by atoms with Crippen molar-refractivity contribution in [3.8, 4) is 44.5 Å². The first-order chi connectivity index (χ1) is 27.5. The first kappa shape index (κ1) is 34.4. The molecule has 9 rings (SSSR count). The quantitative estimate of drug-likeness (QED) is 0.0930. The van der Waals surface area contributed by atoms with Gasteiger partial charge in [-0.25, -0.2) is 9.97 Å². The van der Waals surface area contributed by atoms with Crippen molar-refractivity contribution in [3.05, 3.63) is 144 Å². The molecule has 274 valence electrons. The van der Waals surface area contributed by atoms with Gasteiger partial charge in [0.05, 0.1) is 22.8 Å². The van der Waals surface area contributed by atoms with Crippen LogP contribution in [-0.2, 0) is 0 Å². The van der Waals surface area contributed by atoms with Crippen LogP contribution in [0.2, 0.25) is 0 Å². The summed E-state index contributed by atoms with van der Waals surface area (Å²) in [5.41, 5.74) is 19.6. The smallest absolute Gasteiger partial charge is 0.0737 e. The zero-order valence-electron chi connectivity index (χ0n) is 31.8. The van der Waals surface area contributed by atoms with Gasteiger partial charge in [-0.3, -0.25) is 0 Å². The van der Waals surface area contributed by atoms with Crippen LogP contribution in [0.15, 0.2) is 121 Å². The summed E-state index contributed by atoms with van der Waals surface area (Å²) in [4.78, 5) is 18.6. The van der Waals surface area contributed by atoms with E-state index in [-0.39, 0.29) is 0 Å². The van der Waals surface area contributed by atoms with E-state index < -0.39 is 0 Å². The monoisotopic (exact) mass is 730 g/mol. The molecular weight excluding hydrogens is 689 g/mol. The summed E-state index contributed by atoms with van der Waals surface area (Å²) in [5, 5.41) is 13.3. The minimum atomic E-state index is 0.867. The predicted molar refractivity (Wildman–Crippen MR) is 239 cm³/mol. The van der Waals surface area contributed by atoms with Crippen molar-refractivity contribution in [2.24, 2.45) is 0 Å². The molecule has 0 fully saturated rings. The molecule has 0 radical (unpaired) electrons. The fourth-order valence-electron chi connectivity index (χ4n) is 7.74. The molecule has 2 aliphatic heterocycles. The van der Waals surface area contributed by atoms with Crippen molar-refractivity contribution in [2.45, 2.75) is 0 Å². The van der Waals surface area contributed by atoms with E-state index in [4.69, 9.17) is 9.97 Å². The molecule has 3 aromatic heterocycles. The van der Waals surface area contributed by atoms with Crippen molar-refractivity contribution < 1.29 is 0 Å². The molecule has 6 N–H and O–H groups in total. The molecule has 8 nitrogen and oxygen atoms in total. The van der Waals surface area contributed by atoms with Gasteiger partial charge in [0.1, 0.15) is 0 Å². The molecule has 5 heterocycles. The van der Waals surface area contributed by atoms with Gasteiger partial charge in [0, 0.05) is 95.3 Å². The highest BCUT2D eigenvalue weighted by atomic mass is 14.8. The third-order valence-electron chi connectivity index (χ3n) is 10.5. The maximum atomic E-state index is 5.45. The number of hydrogen-bond donors (Lipinski definition) is 6. The lowest BCUT2D eigenvalue weighted by Gasteiger charge is -2.09. The number of fused-ring (bicyclic) bond motifs is 8. The minimum absolute atomic E-state index is 0.867. The lowest BCUT2D eigenvalue weighted by molar-refractivity contribution is 1.31. The molecule has 7 aromatic rings. The second kappa shape index (κ2) is 14.5. The van der Waals surface area contributed by atoms with E-state index in [1.165, 1.54) is 0 Å². The van der Waals surface area contributed by atoms with Gasteiger partial charge >= 0.3 is 0 Å². The Bertz CT molecular complexity index is 2490. The molecule has 4 aromatic carbocycles. The largest absolute Gasteiger partial charge is 0.388 e. The number of aromatic amines is 2. The van der Waals surface area contributed by atoms with Gasteiger partial charge in [-0.05, 0) is 119 Å². The van der Waals surface area contributed by atoms with Crippen LogP contribution in [0.4, 0.5) is 22.7 Å². The molecule has 0 unspecified atom stereocenters. The van der Waals surface area contributed by atoms with E-state index in [0.717, 1.165) is 112 Å². The number of hydrogen-bond acceptors (Lipinski definition) is 6. The number of H-pyrrole nitrogens is 2. The fraction of sp³-hybridized carbons (Fsp3) is 0.0833. The Morgan fingerprint density at radius 1 is 0.339 bits per heavy atom. The predicted octanol–water partition coefficient (Wildman–Crippen LogP) is 11.5. The fourth-order valence-corrected chi connectivity index (χ4v) is 7.74. The average Bonchev–Trinajstić information content (AvgIpc) is 4.09. The summed E-state index contributed by atoms with van der Waals surface area (Å²) in [6.07, 6.45) is 8.53. The molecule has 0 aliphatic carbocycles. The summed E-state index contributed by atoms with van der Waals surface area (Å²) in [7, 11) is 7.78. The molecule has 0 atom stereocenters. The van der Waals surface area contributed by atoms with Gasteiger partial charge in [-0.1, -0.05) is 48.5 Å². The summed E-state index contributed by atoms with van der Waals surface area (Å²) >= 11 is 0. The van der Waals surface area contributed by atoms with E-state index in [1.807, 2.05) is 28.2 Å². The highest BCUT2D eigenvalue weighted by Gasteiger charge is 2.19. The zero-order valence-corrected chi connectivity index (χ0v) is 31.8. The number of rotatable bonds is 8. The number of aromatic nitrogens is 4. The number of nitrogens with zero attached hydrogens (tertiary/aromatic N) is 2. The first-order valence-electron chi connectivity index (χ1n) is 18.8. The van der Waals surface area contributed by atoms with Gasteiger partial charge < -0.3 is 31.2 Å². The molecule has 56 heavy (non-hydrogen) atoms. The summed E-state index contributed by atoms with van der Waals surface area (Å²) < 4.78 is 0. The Hall–Kier alpha value is -7.32. The third-order valence-corrected chi connectivity index (χ3v) is 10.5. The molecule has 2 aliphatic rings. The van der Waals surface area contributed by atoms with E-state index in [2.05, 4.69) is 177 Å². The van der Waals surface area contributed by atoms with Crippen molar-refractivity contribution in [3.63, 3.8) is 0 Å². The second-order valence-electron chi connectivity index (χ2n) is 13.8. The number of anilines is 4. The molecule has 0 spiro atoms. The average molecular weight is 731 g/mol. The van der Waals surface area contributed by atoms with Crippen molar-refractivity contribution >= 4 is 69.1 Å². The van der Waals surface area contributed by atoms with Crippen molar-refractivity contribution in [1.82, 2.24) is 19.9 Å². The van der Waals surface area contributed by atoms with Crippen molar-refractivity contribution in [1.29, 1.82) is 0 Å². The Morgan fingerprint density at radius 2 is 0.589 bits per heavy atom. The first-order valence-corrected chi connectivity index (χ1v) is 18.8. The van der Waals surface area contributed by atoms with Crippen LogP contribution in [0, 0.1) is 0 Å². The molecule has 0 saturated heterocycles. The molecular formula is C48H42N8. The SMILES string of the molecule is CNc1cccc(-c2c3nc(c(-c4cccc(NC)c4)c4ccc([nH]4)c(-c4cccc(NC)c4)c4nc(c(-c5cccc(NC)c5)c5ccc2[nH]5)C=C4)C=C3)c1.